The van der Waals surface area contributed by atoms with E-state index in [-0.39, 0.29) is 30.2 Å². The lowest BCUT2D eigenvalue weighted by Gasteiger charge is -2.38. The zero-order valence-corrected chi connectivity index (χ0v) is 11.9. The number of morpholine rings is 1. The minimum Gasteiger partial charge on any atom is -0.398 e. The van der Waals surface area contributed by atoms with Gasteiger partial charge < -0.3 is 19.9 Å². The zero-order chi connectivity index (χ0) is 14.7. The molecule has 1 amide bonds. The first kappa shape index (κ1) is 14.6. The average molecular weight is 279 g/mol. The predicted octanol–water partition coefficient (Wildman–Crippen LogP) is 0.456. The van der Waals surface area contributed by atoms with Gasteiger partial charge in [-0.05, 0) is 19.4 Å². The van der Waals surface area contributed by atoms with E-state index in [4.69, 9.17) is 10.5 Å². The van der Waals surface area contributed by atoms with Gasteiger partial charge in [-0.25, -0.2) is 0 Å². The summed E-state index contributed by atoms with van der Waals surface area (Å²) in [7, 11) is 0. The number of aromatic nitrogens is 1. The van der Waals surface area contributed by atoms with E-state index in [0.717, 1.165) is 6.42 Å². The molecule has 0 aromatic carbocycles. The molecule has 2 heterocycles. The summed E-state index contributed by atoms with van der Waals surface area (Å²) in [4.78, 5) is 25.9. The van der Waals surface area contributed by atoms with Crippen molar-refractivity contribution in [2.45, 2.75) is 39.0 Å². The Hall–Kier alpha value is -1.82. The van der Waals surface area contributed by atoms with Gasteiger partial charge in [0.05, 0.1) is 18.8 Å². The predicted molar refractivity (Wildman–Crippen MR) is 76.3 cm³/mol. The fourth-order valence-electron chi connectivity index (χ4n) is 2.40. The van der Waals surface area contributed by atoms with Gasteiger partial charge in [0.2, 0.25) is 5.91 Å². The van der Waals surface area contributed by atoms with E-state index in [9.17, 15) is 9.59 Å². The van der Waals surface area contributed by atoms with Crippen LogP contribution < -0.4 is 11.3 Å². The van der Waals surface area contributed by atoms with Crippen molar-refractivity contribution in [3.63, 3.8) is 0 Å². The maximum absolute atomic E-state index is 12.4. The van der Waals surface area contributed by atoms with Crippen LogP contribution in [0.5, 0.6) is 0 Å². The van der Waals surface area contributed by atoms with E-state index in [0.29, 0.717) is 18.8 Å². The summed E-state index contributed by atoms with van der Waals surface area (Å²) in [5, 5.41) is 0. The van der Waals surface area contributed by atoms with Crippen molar-refractivity contribution in [3.05, 3.63) is 28.7 Å². The molecule has 2 atom stereocenters. The molecule has 6 nitrogen and oxygen atoms in total. The third kappa shape index (κ3) is 3.19. The summed E-state index contributed by atoms with van der Waals surface area (Å²) in [6.45, 7) is 5.10. The van der Waals surface area contributed by atoms with Gasteiger partial charge in [0.15, 0.2) is 0 Å². The summed E-state index contributed by atoms with van der Waals surface area (Å²) in [5.74, 6) is -0.0697. The Kier molecular flexibility index (Phi) is 4.44. The second-order valence-corrected chi connectivity index (χ2v) is 5.18. The summed E-state index contributed by atoms with van der Waals surface area (Å²) in [5.41, 5.74) is 5.90. The third-order valence-corrected chi connectivity index (χ3v) is 3.57. The first-order valence-electron chi connectivity index (χ1n) is 6.88. The number of nitrogen functional groups attached to an aromatic ring is 1. The Morgan fingerprint density at radius 1 is 1.50 bits per heavy atom. The van der Waals surface area contributed by atoms with Gasteiger partial charge in [-0.2, -0.15) is 0 Å². The van der Waals surface area contributed by atoms with Gasteiger partial charge >= 0.3 is 0 Å². The molecule has 2 unspecified atom stereocenters. The summed E-state index contributed by atoms with van der Waals surface area (Å²) < 4.78 is 6.92. The van der Waals surface area contributed by atoms with Crippen molar-refractivity contribution in [1.29, 1.82) is 0 Å². The molecule has 1 saturated heterocycles. The van der Waals surface area contributed by atoms with Crippen LogP contribution in [0, 0.1) is 0 Å². The van der Waals surface area contributed by atoms with Crippen molar-refractivity contribution >= 4 is 11.6 Å². The molecule has 20 heavy (non-hydrogen) atoms. The average Bonchev–Trinajstić information content (AvgIpc) is 2.42. The minimum atomic E-state index is -0.220. The number of ether oxygens (including phenoxy) is 1. The van der Waals surface area contributed by atoms with E-state index in [1.165, 1.54) is 22.9 Å². The molecule has 0 spiro atoms. The lowest BCUT2D eigenvalue weighted by molar-refractivity contribution is -0.145. The van der Waals surface area contributed by atoms with Crippen molar-refractivity contribution in [2.75, 3.05) is 18.9 Å². The number of carbonyl (C=O) groups excluding carboxylic acids is 1. The number of amides is 1. The van der Waals surface area contributed by atoms with Gasteiger partial charge in [-0.1, -0.05) is 6.92 Å². The van der Waals surface area contributed by atoms with E-state index in [1.54, 1.807) is 0 Å². The first-order valence-corrected chi connectivity index (χ1v) is 6.88. The van der Waals surface area contributed by atoms with E-state index >= 15 is 0 Å². The second kappa shape index (κ2) is 6.09. The van der Waals surface area contributed by atoms with Crippen LogP contribution in [-0.4, -0.2) is 40.7 Å². The van der Waals surface area contributed by atoms with Crippen LogP contribution in [-0.2, 0) is 16.1 Å². The highest BCUT2D eigenvalue weighted by Gasteiger charge is 2.29. The molecule has 6 heteroatoms. The SMILES string of the molecule is CCC1COC(C)CN1C(=O)Cn1cc(N)ccc1=O. The maximum atomic E-state index is 12.4. The van der Waals surface area contributed by atoms with Gasteiger partial charge in [-0.15, -0.1) is 0 Å². The number of anilines is 1. The molecular formula is C14H21N3O3. The van der Waals surface area contributed by atoms with Crippen molar-refractivity contribution < 1.29 is 9.53 Å². The van der Waals surface area contributed by atoms with Crippen LogP contribution in [0.15, 0.2) is 23.1 Å². The largest absolute Gasteiger partial charge is 0.398 e. The highest BCUT2D eigenvalue weighted by atomic mass is 16.5. The lowest BCUT2D eigenvalue weighted by Crippen LogP contribution is -2.52. The monoisotopic (exact) mass is 279 g/mol. The molecule has 0 radical (unpaired) electrons. The van der Waals surface area contributed by atoms with Gasteiger partial charge in [0.1, 0.15) is 6.54 Å². The summed E-state index contributed by atoms with van der Waals surface area (Å²) in [6.07, 6.45) is 2.37. The molecule has 1 fully saturated rings. The Labute approximate surface area is 118 Å². The van der Waals surface area contributed by atoms with Crippen molar-refractivity contribution in [1.82, 2.24) is 9.47 Å². The minimum absolute atomic E-state index is 0.0209. The molecular weight excluding hydrogens is 258 g/mol. The quantitative estimate of drug-likeness (QED) is 0.871. The Balaban J connectivity index is 2.13. The number of rotatable bonds is 3. The van der Waals surface area contributed by atoms with E-state index in [1.807, 2.05) is 18.7 Å². The molecule has 110 valence electrons. The molecule has 0 aliphatic carbocycles. The first-order chi connectivity index (χ1) is 9.51. The van der Waals surface area contributed by atoms with Crippen LogP contribution in [0.1, 0.15) is 20.3 Å². The molecule has 1 aliphatic heterocycles. The molecule has 0 saturated carbocycles. The van der Waals surface area contributed by atoms with Crippen LogP contribution >= 0.6 is 0 Å². The summed E-state index contributed by atoms with van der Waals surface area (Å²) >= 11 is 0. The topological polar surface area (TPSA) is 77.6 Å². The smallest absolute Gasteiger partial charge is 0.251 e. The molecule has 2 rings (SSSR count). The van der Waals surface area contributed by atoms with E-state index < -0.39 is 0 Å². The second-order valence-electron chi connectivity index (χ2n) is 5.18. The number of pyridine rings is 1. The molecule has 1 aliphatic rings. The fraction of sp³-hybridized carbons (Fsp3) is 0.571. The highest BCUT2D eigenvalue weighted by molar-refractivity contribution is 5.76. The summed E-state index contributed by atoms with van der Waals surface area (Å²) in [6, 6.07) is 2.99. The number of hydrogen-bond acceptors (Lipinski definition) is 4. The number of nitrogens with two attached hydrogens (primary N) is 1. The maximum Gasteiger partial charge on any atom is 0.251 e. The van der Waals surface area contributed by atoms with Gasteiger partial charge in [-0.3, -0.25) is 9.59 Å². The number of carbonyl (C=O) groups is 1. The molecule has 1 aromatic rings. The van der Waals surface area contributed by atoms with Crippen molar-refractivity contribution in [3.8, 4) is 0 Å². The Morgan fingerprint density at radius 2 is 2.25 bits per heavy atom. The van der Waals surface area contributed by atoms with Crippen LogP contribution in [0.2, 0.25) is 0 Å². The molecule has 2 N–H and O–H groups in total. The number of nitrogens with zero attached hydrogens (tertiary/aromatic N) is 2. The Morgan fingerprint density at radius 3 is 2.95 bits per heavy atom. The van der Waals surface area contributed by atoms with Crippen molar-refractivity contribution in [2.24, 2.45) is 0 Å². The third-order valence-electron chi connectivity index (χ3n) is 3.57. The zero-order valence-electron chi connectivity index (χ0n) is 11.9. The molecule has 1 aromatic heterocycles. The van der Waals surface area contributed by atoms with Gasteiger partial charge in [0, 0.05) is 24.5 Å². The fourth-order valence-corrected chi connectivity index (χ4v) is 2.40. The van der Waals surface area contributed by atoms with Crippen LogP contribution in [0.3, 0.4) is 0 Å². The Bertz CT molecular complexity index is 541. The van der Waals surface area contributed by atoms with E-state index in [2.05, 4.69) is 0 Å². The number of hydrogen-bond donors (Lipinski definition) is 1. The highest BCUT2D eigenvalue weighted by Crippen LogP contribution is 2.15. The molecule has 0 bridgehead atoms. The normalized spacial score (nSPS) is 22.8. The van der Waals surface area contributed by atoms with Crippen LogP contribution in [0.4, 0.5) is 5.69 Å². The van der Waals surface area contributed by atoms with Crippen LogP contribution in [0.25, 0.3) is 0 Å². The standard InChI is InChI=1S/C14H21N3O3/c1-3-12-9-20-10(2)6-17(12)14(19)8-16-7-11(15)4-5-13(16)18/h4-5,7,10,12H,3,6,8-9,15H2,1-2H3. The van der Waals surface area contributed by atoms with Gasteiger partial charge in [0.25, 0.3) is 5.56 Å². The lowest BCUT2D eigenvalue weighted by atomic mass is 10.1.